The number of benzene rings is 1. The molecule has 0 bridgehead atoms. The summed E-state index contributed by atoms with van der Waals surface area (Å²) in [7, 11) is 0. The van der Waals surface area contributed by atoms with Gasteiger partial charge in [0.05, 0.1) is 11.4 Å². The first kappa shape index (κ1) is 21.2. The van der Waals surface area contributed by atoms with Crippen LogP contribution in [0.25, 0.3) is 0 Å². The molecule has 0 aliphatic carbocycles. The zero-order valence-corrected chi connectivity index (χ0v) is 18.9. The molecule has 8 heteroatoms. The summed E-state index contributed by atoms with van der Waals surface area (Å²) in [5, 5.41) is 5.18. The second-order valence-electron chi connectivity index (χ2n) is 7.76. The van der Waals surface area contributed by atoms with Crippen molar-refractivity contribution >= 4 is 40.3 Å². The van der Waals surface area contributed by atoms with E-state index in [1.807, 2.05) is 12.1 Å². The summed E-state index contributed by atoms with van der Waals surface area (Å²) in [6.45, 7) is 7.87. The molecule has 4 rings (SSSR count). The van der Waals surface area contributed by atoms with Gasteiger partial charge in [-0.05, 0) is 48.5 Å². The molecule has 7 nitrogen and oxygen atoms in total. The monoisotopic (exact) mass is 436 g/mol. The largest absolute Gasteiger partial charge is 0.368 e. The van der Waals surface area contributed by atoms with E-state index < -0.39 is 0 Å². The molecule has 2 aromatic rings. The molecule has 0 saturated carbocycles. The number of amides is 1. The zero-order chi connectivity index (χ0) is 21.8. The van der Waals surface area contributed by atoms with E-state index in [0.717, 1.165) is 49.7 Å². The number of carbonyl (C=O) groups is 1. The zero-order valence-electron chi connectivity index (χ0n) is 18.0. The SMILES string of the molecule is CCc1ccc(N2CCN(C(=S)N/N=C3/CCN(C(C)=O)c4cccnc43)CC2)cc1. The number of thiocarbonyl (C=S) groups is 1. The average molecular weight is 437 g/mol. The molecule has 0 unspecified atom stereocenters. The van der Waals surface area contributed by atoms with Crippen LogP contribution in [0.1, 0.15) is 31.5 Å². The molecule has 3 heterocycles. The molecule has 1 fully saturated rings. The molecule has 1 aromatic heterocycles. The van der Waals surface area contributed by atoms with Gasteiger partial charge in [-0.2, -0.15) is 5.10 Å². The predicted octanol–water partition coefficient (Wildman–Crippen LogP) is 2.80. The molecule has 1 N–H and O–H groups in total. The lowest BCUT2D eigenvalue weighted by atomic mass is 10.1. The van der Waals surface area contributed by atoms with E-state index in [-0.39, 0.29) is 5.91 Å². The van der Waals surface area contributed by atoms with Crippen LogP contribution in [0.4, 0.5) is 11.4 Å². The molecular formula is C23H28N6OS. The Morgan fingerprint density at radius 3 is 2.55 bits per heavy atom. The standard InChI is InChI=1S/C23H28N6OS/c1-3-18-6-8-19(9-7-18)27-13-15-28(16-14-27)23(31)26-25-20-10-12-29(17(2)30)21-5-4-11-24-22(20)21/h4-9,11H,3,10,12-16H2,1-2H3,(H,26,31)/b25-20-. The number of pyridine rings is 1. The molecule has 1 aromatic carbocycles. The smallest absolute Gasteiger partial charge is 0.223 e. The van der Waals surface area contributed by atoms with Crippen LogP contribution in [-0.4, -0.2) is 59.3 Å². The summed E-state index contributed by atoms with van der Waals surface area (Å²) >= 11 is 5.60. The fraction of sp³-hybridized carbons (Fsp3) is 0.391. The number of aromatic nitrogens is 1. The molecule has 2 aliphatic heterocycles. The number of nitrogens with one attached hydrogen (secondary N) is 1. The van der Waals surface area contributed by atoms with Crippen LogP contribution in [-0.2, 0) is 11.2 Å². The fourth-order valence-corrected chi connectivity index (χ4v) is 4.25. The van der Waals surface area contributed by atoms with Crippen LogP contribution in [0.15, 0.2) is 47.7 Å². The lowest BCUT2D eigenvalue weighted by Crippen LogP contribution is -2.51. The van der Waals surface area contributed by atoms with Gasteiger partial charge in [0.2, 0.25) is 5.91 Å². The van der Waals surface area contributed by atoms with Gasteiger partial charge in [-0.15, -0.1) is 0 Å². The van der Waals surface area contributed by atoms with Crippen LogP contribution >= 0.6 is 12.2 Å². The van der Waals surface area contributed by atoms with Crippen molar-refractivity contribution in [3.05, 3.63) is 53.9 Å². The van der Waals surface area contributed by atoms with Gasteiger partial charge in [-0.1, -0.05) is 19.1 Å². The molecule has 2 aliphatic rings. The number of rotatable bonds is 3. The maximum atomic E-state index is 11.9. The third-order valence-electron chi connectivity index (χ3n) is 5.87. The Hall–Kier alpha value is -3.00. The second kappa shape index (κ2) is 9.43. The van der Waals surface area contributed by atoms with Crippen molar-refractivity contribution in [1.29, 1.82) is 0 Å². The number of carbonyl (C=O) groups excluding carboxylic acids is 1. The molecule has 0 radical (unpaired) electrons. The first-order valence-corrected chi connectivity index (χ1v) is 11.2. The maximum absolute atomic E-state index is 11.9. The van der Waals surface area contributed by atoms with E-state index in [2.05, 4.69) is 56.5 Å². The highest BCUT2D eigenvalue weighted by Crippen LogP contribution is 2.25. The highest BCUT2D eigenvalue weighted by molar-refractivity contribution is 7.80. The van der Waals surface area contributed by atoms with E-state index in [1.165, 1.54) is 11.3 Å². The number of hydrogen-bond donors (Lipinski definition) is 1. The highest BCUT2D eigenvalue weighted by atomic mass is 32.1. The normalized spacial score (nSPS) is 17.5. The Labute approximate surface area is 188 Å². The average Bonchev–Trinajstić information content (AvgIpc) is 2.82. The van der Waals surface area contributed by atoms with Gasteiger partial charge >= 0.3 is 0 Å². The molecule has 1 amide bonds. The molecule has 0 atom stereocenters. The molecule has 162 valence electrons. The van der Waals surface area contributed by atoms with Gasteiger partial charge in [0.1, 0.15) is 5.69 Å². The van der Waals surface area contributed by atoms with Crippen LogP contribution in [0.5, 0.6) is 0 Å². The van der Waals surface area contributed by atoms with Crippen molar-refractivity contribution in [3.8, 4) is 0 Å². The highest BCUT2D eigenvalue weighted by Gasteiger charge is 2.25. The molecule has 0 spiro atoms. The molecule has 31 heavy (non-hydrogen) atoms. The predicted molar refractivity (Wildman–Crippen MR) is 129 cm³/mol. The van der Waals surface area contributed by atoms with E-state index in [1.54, 1.807) is 18.0 Å². The Morgan fingerprint density at radius 2 is 1.87 bits per heavy atom. The van der Waals surface area contributed by atoms with Crippen molar-refractivity contribution in [3.63, 3.8) is 0 Å². The number of aryl methyl sites for hydroxylation is 1. The summed E-state index contributed by atoms with van der Waals surface area (Å²) in [4.78, 5) is 22.7. The van der Waals surface area contributed by atoms with Gasteiger partial charge in [-0.3, -0.25) is 15.2 Å². The van der Waals surface area contributed by atoms with E-state index in [4.69, 9.17) is 12.2 Å². The van der Waals surface area contributed by atoms with Gasteiger partial charge in [0, 0.05) is 58.0 Å². The Kier molecular flexibility index (Phi) is 6.46. The summed E-state index contributed by atoms with van der Waals surface area (Å²) in [6.07, 6.45) is 3.42. The topological polar surface area (TPSA) is 64.1 Å². The summed E-state index contributed by atoms with van der Waals surface area (Å²) in [5.41, 5.74) is 8.04. The number of hydrogen-bond acceptors (Lipinski definition) is 5. The van der Waals surface area contributed by atoms with Crippen LogP contribution in [0.2, 0.25) is 0 Å². The Balaban J connectivity index is 1.36. The van der Waals surface area contributed by atoms with Crippen molar-refractivity contribution < 1.29 is 4.79 Å². The minimum absolute atomic E-state index is 0.0129. The van der Waals surface area contributed by atoms with Crippen molar-refractivity contribution in [2.24, 2.45) is 5.10 Å². The summed E-state index contributed by atoms with van der Waals surface area (Å²) in [5.74, 6) is 0.0129. The number of hydrazone groups is 1. The minimum Gasteiger partial charge on any atom is -0.368 e. The number of anilines is 2. The van der Waals surface area contributed by atoms with E-state index in [0.29, 0.717) is 18.1 Å². The van der Waals surface area contributed by atoms with Gasteiger partial charge in [0.25, 0.3) is 0 Å². The third kappa shape index (κ3) is 4.69. The minimum atomic E-state index is 0.0129. The molecule has 1 saturated heterocycles. The Bertz CT molecular complexity index is 982. The van der Waals surface area contributed by atoms with Crippen LogP contribution < -0.4 is 15.2 Å². The van der Waals surface area contributed by atoms with Crippen molar-refractivity contribution in [2.45, 2.75) is 26.7 Å². The lowest BCUT2D eigenvalue weighted by Gasteiger charge is -2.37. The second-order valence-corrected chi connectivity index (χ2v) is 8.15. The fourth-order valence-electron chi connectivity index (χ4n) is 4.03. The quantitative estimate of drug-likeness (QED) is 0.590. The van der Waals surface area contributed by atoms with Crippen molar-refractivity contribution in [2.75, 3.05) is 42.5 Å². The van der Waals surface area contributed by atoms with E-state index >= 15 is 0 Å². The van der Waals surface area contributed by atoms with Gasteiger partial charge < -0.3 is 14.7 Å². The third-order valence-corrected chi connectivity index (χ3v) is 6.22. The number of piperazine rings is 1. The first-order chi connectivity index (χ1) is 15.1. The van der Waals surface area contributed by atoms with Gasteiger partial charge in [-0.25, -0.2) is 0 Å². The Morgan fingerprint density at radius 1 is 1.13 bits per heavy atom. The molecular weight excluding hydrogens is 408 g/mol. The lowest BCUT2D eigenvalue weighted by molar-refractivity contribution is -0.116. The summed E-state index contributed by atoms with van der Waals surface area (Å²) in [6, 6.07) is 12.6. The van der Waals surface area contributed by atoms with Crippen LogP contribution in [0, 0.1) is 0 Å². The van der Waals surface area contributed by atoms with E-state index in [9.17, 15) is 4.79 Å². The number of nitrogens with zero attached hydrogens (tertiary/aromatic N) is 5. The van der Waals surface area contributed by atoms with Crippen LogP contribution in [0.3, 0.4) is 0 Å². The van der Waals surface area contributed by atoms with Gasteiger partial charge in [0.15, 0.2) is 5.11 Å². The number of fused-ring (bicyclic) bond motifs is 1. The first-order valence-electron chi connectivity index (χ1n) is 10.8. The van der Waals surface area contributed by atoms with Crippen molar-refractivity contribution in [1.82, 2.24) is 15.3 Å². The maximum Gasteiger partial charge on any atom is 0.223 e. The summed E-state index contributed by atoms with van der Waals surface area (Å²) < 4.78 is 0.